The summed E-state index contributed by atoms with van der Waals surface area (Å²) in [4.78, 5) is 4.53. The molecule has 0 radical (unpaired) electrons. The van der Waals surface area contributed by atoms with E-state index in [9.17, 15) is 0 Å². The number of hydrogen-bond donors (Lipinski definition) is 0. The van der Waals surface area contributed by atoms with E-state index < -0.39 is 0 Å². The predicted octanol–water partition coefficient (Wildman–Crippen LogP) is 4.95. The van der Waals surface area contributed by atoms with Crippen LogP contribution in [-0.4, -0.2) is 16.7 Å². The van der Waals surface area contributed by atoms with Crippen LogP contribution in [0.2, 0.25) is 0 Å². The smallest absolute Gasteiger partial charge is 0.141 e. The fourth-order valence-electron chi connectivity index (χ4n) is 2.84. The van der Waals surface area contributed by atoms with Crippen molar-refractivity contribution in [3.8, 4) is 11.6 Å². The molecule has 0 aliphatic rings. The van der Waals surface area contributed by atoms with Crippen LogP contribution in [0.15, 0.2) is 65.3 Å². The van der Waals surface area contributed by atoms with Gasteiger partial charge in [-0.3, -0.25) is 4.57 Å². The van der Waals surface area contributed by atoms with E-state index in [1.165, 1.54) is 10.8 Å². The van der Waals surface area contributed by atoms with Gasteiger partial charge in [-0.1, -0.05) is 40.2 Å². The molecule has 0 aliphatic carbocycles. The highest BCUT2D eigenvalue weighted by Gasteiger charge is 2.13. The molecule has 2 aromatic heterocycles. The van der Waals surface area contributed by atoms with Crippen molar-refractivity contribution in [1.29, 1.82) is 0 Å². The van der Waals surface area contributed by atoms with Gasteiger partial charge in [-0.05, 0) is 24.3 Å². The van der Waals surface area contributed by atoms with E-state index in [4.69, 9.17) is 4.74 Å². The van der Waals surface area contributed by atoms with Crippen molar-refractivity contribution in [3.63, 3.8) is 0 Å². The van der Waals surface area contributed by atoms with E-state index in [0.29, 0.717) is 0 Å². The summed E-state index contributed by atoms with van der Waals surface area (Å²) >= 11 is 3.57. The molecular formula is C18H13BrN2O. The maximum Gasteiger partial charge on any atom is 0.141 e. The van der Waals surface area contributed by atoms with Crippen LogP contribution in [0.1, 0.15) is 0 Å². The topological polar surface area (TPSA) is 27.1 Å². The Hall–Kier alpha value is -2.33. The van der Waals surface area contributed by atoms with Gasteiger partial charge in [0.05, 0.1) is 18.1 Å². The summed E-state index contributed by atoms with van der Waals surface area (Å²) in [5.41, 5.74) is 2.26. The Balaban J connectivity index is 2.15. The molecule has 0 unspecified atom stereocenters. The number of nitrogens with zero attached hydrogens (tertiary/aromatic N) is 2. The van der Waals surface area contributed by atoms with Crippen LogP contribution in [0.4, 0.5) is 0 Å². The van der Waals surface area contributed by atoms with Crippen LogP contribution in [0, 0.1) is 0 Å². The van der Waals surface area contributed by atoms with Gasteiger partial charge in [0, 0.05) is 27.5 Å². The zero-order chi connectivity index (χ0) is 15.1. The van der Waals surface area contributed by atoms with Crippen molar-refractivity contribution >= 4 is 37.7 Å². The van der Waals surface area contributed by atoms with Crippen LogP contribution in [0.25, 0.3) is 27.6 Å². The fraction of sp³-hybridized carbons (Fsp3) is 0.0556. The molecule has 108 valence electrons. The number of methoxy groups -OCH3 is 1. The first-order valence-corrected chi connectivity index (χ1v) is 7.76. The van der Waals surface area contributed by atoms with Gasteiger partial charge in [-0.25, -0.2) is 4.98 Å². The molecule has 0 saturated heterocycles. The monoisotopic (exact) mass is 352 g/mol. The molecule has 0 amide bonds. The highest BCUT2D eigenvalue weighted by Crippen LogP contribution is 2.33. The molecule has 3 nitrogen and oxygen atoms in total. The summed E-state index contributed by atoms with van der Waals surface area (Å²) in [5, 5.41) is 2.43. The van der Waals surface area contributed by atoms with Gasteiger partial charge in [0.15, 0.2) is 0 Å². The molecule has 0 spiro atoms. The highest BCUT2D eigenvalue weighted by atomic mass is 79.9. The van der Waals surface area contributed by atoms with Gasteiger partial charge in [0.25, 0.3) is 0 Å². The number of fused-ring (bicyclic) bond motifs is 3. The summed E-state index contributed by atoms with van der Waals surface area (Å²) < 4.78 is 8.55. The van der Waals surface area contributed by atoms with E-state index in [1.807, 2.05) is 18.2 Å². The number of pyridine rings is 1. The van der Waals surface area contributed by atoms with E-state index in [-0.39, 0.29) is 0 Å². The molecule has 0 aliphatic heterocycles. The van der Waals surface area contributed by atoms with Crippen LogP contribution >= 0.6 is 15.9 Å². The van der Waals surface area contributed by atoms with Crippen molar-refractivity contribution in [1.82, 2.24) is 9.55 Å². The van der Waals surface area contributed by atoms with Gasteiger partial charge in [-0.15, -0.1) is 0 Å². The van der Waals surface area contributed by atoms with Crippen molar-refractivity contribution in [2.75, 3.05) is 7.11 Å². The minimum absolute atomic E-state index is 0.797. The lowest BCUT2D eigenvalue weighted by Crippen LogP contribution is -1.97. The number of ether oxygens (including phenoxy) is 1. The fourth-order valence-corrected chi connectivity index (χ4v) is 3.19. The zero-order valence-corrected chi connectivity index (χ0v) is 13.5. The van der Waals surface area contributed by atoms with E-state index in [0.717, 1.165) is 27.1 Å². The quantitative estimate of drug-likeness (QED) is 0.510. The molecular weight excluding hydrogens is 340 g/mol. The molecule has 4 rings (SSSR count). The number of hydrogen-bond acceptors (Lipinski definition) is 2. The second-order valence-electron chi connectivity index (χ2n) is 5.07. The first-order valence-electron chi connectivity index (χ1n) is 6.97. The number of rotatable bonds is 2. The number of aromatic nitrogens is 2. The summed E-state index contributed by atoms with van der Waals surface area (Å²) in [6, 6.07) is 18.5. The van der Waals surface area contributed by atoms with Crippen molar-refractivity contribution < 1.29 is 4.74 Å². The zero-order valence-electron chi connectivity index (χ0n) is 12.0. The predicted molar refractivity (Wildman–Crippen MR) is 92.8 cm³/mol. The van der Waals surface area contributed by atoms with Crippen LogP contribution in [-0.2, 0) is 0 Å². The molecule has 4 aromatic rings. The Kier molecular flexibility index (Phi) is 3.12. The normalized spacial score (nSPS) is 11.2. The summed E-state index contributed by atoms with van der Waals surface area (Å²) in [7, 11) is 1.67. The molecule has 0 saturated carbocycles. The van der Waals surface area contributed by atoms with Gasteiger partial charge in [0.1, 0.15) is 11.6 Å². The maximum atomic E-state index is 5.34. The molecule has 22 heavy (non-hydrogen) atoms. The minimum atomic E-state index is 0.797. The summed E-state index contributed by atoms with van der Waals surface area (Å²) in [5.74, 6) is 1.65. The second-order valence-corrected chi connectivity index (χ2v) is 5.98. The van der Waals surface area contributed by atoms with E-state index in [2.05, 4.69) is 61.9 Å². The van der Waals surface area contributed by atoms with Crippen LogP contribution < -0.4 is 4.74 Å². The molecule has 0 atom stereocenters. The Morgan fingerprint density at radius 3 is 2.64 bits per heavy atom. The molecule has 0 N–H and O–H groups in total. The third-order valence-electron chi connectivity index (χ3n) is 3.82. The minimum Gasteiger partial charge on any atom is -0.497 e. The van der Waals surface area contributed by atoms with Gasteiger partial charge in [-0.2, -0.15) is 0 Å². The SMILES string of the molecule is COc1ccnc(-n2c3ccccc3c3ccc(Br)cc32)c1. The summed E-state index contributed by atoms with van der Waals surface area (Å²) in [6.45, 7) is 0. The number of benzene rings is 2. The standard InChI is InChI=1S/C18H13BrN2O/c1-22-13-8-9-20-18(11-13)21-16-5-3-2-4-14(16)15-7-6-12(19)10-17(15)21/h2-11H,1H3. The first-order chi connectivity index (χ1) is 10.8. The number of para-hydroxylation sites is 1. The molecule has 2 aromatic carbocycles. The maximum absolute atomic E-state index is 5.34. The van der Waals surface area contributed by atoms with E-state index >= 15 is 0 Å². The van der Waals surface area contributed by atoms with E-state index in [1.54, 1.807) is 13.3 Å². The Bertz CT molecular complexity index is 991. The van der Waals surface area contributed by atoms with Crippen molar-refractivity contribution in [2.45, 2.75) is 0 Å². The van der Waals surface area contributed by atoms with Gasteiger partial charge in [0.2, 0.25) is 0 Å². The van der Waals surface area contributed by atoms with Gasteiger partial charge < -0.3 is 4.74 Å². The Morgan fingerprint density at radius 1 is 0.955 bits per heavy atom. The van der Waals surface area contributed by atoms with Crippen molar-refractivity contribution in [3.05, 3.63) is 65.3 Å². The van der Waals surface area contributed by atoms with Gasteiger partial charge >= 0.3 is 0 Å². The lowest BCUT2D eigenvalue weighted by atomic mass is 10.2. The summed E-state index contributed by atoms with van der Waals surface area (Å²) in [6.07, 6.45) is 1.77. The molecule has 2 heterocycles. The average Bonchev–Trinajstić information content (AvgIpc) is 2.88. The number of halogens is 1. The highest BCUT2D eigenvalue weighted by molar-refractivity contribution is 9.10. The Morgan fingerprint density at radius 2 is 1.77 bits per heavy atom. The lowest BCUT2D eigenvalue weighted by Gasteiger charge is -2.08. The largest absolute Gasteiger partial charge is 0.497 e. The third kappa shape index (κ3) is 1.99. The average molecular weight is 353 g/mol. The molecule has 0 bridgehead atoms. The van der Waals surface area contributed by atoms with Crippen LogP contribution in [0.5, 0.6) is 5.75 Å². The molecule has 0 fully saturated rings. The van der Waals surface area contributed by atoms with Crippen LogP contribution in [0.3, 0.4) is 0 Å². The Labute approximate surface area is 136 Å². The molecule has 4 heteroatoms. The third-order valence-corrected chi connectivity index (χ3v) is 4.31. The first kappa shape index (κ1) is 13.3. The van der Waals surface area contributed by atoms with Crippen molar-refractivity contribution in [2.24, 2.45) is 0 Å². The second kappa shape index (κ2) is 5.14. The lowest BCUT2D eigenvalue weighted by molar-refractivity contribution is 0.414.